The first-order chi connectivity index (χ1) is 9.81. The van der Waals surface area contributed by atoms with Crippen molar-refractivity contribution >= 4 is 23.4 Å². The van der Waals surface area contributed by atoms with E-state index in [4.69, 9.17) is 0 Å². The zero-order valence-corrected chi connectivity index (χ0v) is 10.7. The van der Waals surface area contributed by atoms with Crippen molar-refractivity contribution in [3.8, 4) is 0 Å². The molecular formula is C12H10F3N3O3. The van der Waals surface area contributed by atoms with Crippen molar-refractivity contribution in [2.45, 2.75) is 6.42 Å². The quantitative estimate of drug-likeness (QED) is 0.632. The number of carbonyl (C=O) groups is 3. The van der Waals surface area contributed by atoms with Crippen LogP contribution < -0.4 is 10.7 Å². The lowest BCUT2D eigenvalue weighted by Crippen LogP contribution is -2.31. The number of hydrazine groups is 1. The molecule has 0 radical (unpaired) electrons. The summed E-state index contributed by atoms with van der Waals surface area (Å²) in [5.41, 5.74) is 1.62. The minimum Gasteiger partial charge on any atom is -0.323 e. The fraction of sp³-hybridized carbons (Fsp3) is 0.250. The minimum atomic E-state index is -1.72. The van der Waals surface area contributed by atoms with Crippen LogP contribution in [0.3, 0.4) is 0 Å². The molecule has 1 aliphatic rings. The van der Waals surface area contributed by atoms with Crippen molar-refractivity contribution in [1.29, 1.82) is 0 Å². The van der Waals surface area contributed by atoms with E-state index < -0.39 is 53.2 Å². The van der Waals surface area contributed by atoms with Crippen molar-refractivity contribution < 1.29 is 27.6 Å². The fourth-order valence-electron chi connectivity index (χ4n) is 1.83. The van der Waals surface area contributed by atoms with E-state index in [0.29, 0.717) is 6.07 Å². The number of rotatable bonds is 3. The second-order valence-electron chi connectivity index (χ2n) is 4.40. The summed E-state index contributed by atoms with van der Waals surface area (Å²) in [6.07, 6.45) is -0.534. The predicted octanol–water partition coefficient (Wildman–Crippen LogP) is 0.552. The van der Waals surface area contributed by atoms with Gasteiger partial charge in [0.1, 0.15) is 5.92 Å². The third-order valence-corrected chi connectivity index (χ3v) is 2.92. The summed E-state index contributed by atoms with van der Waals surface area (Å²) < 4.78 is 39.1. The van der Waals surface area contributed by atoms with Gasteiger partial charge in [0.25, 0.3) is 11.8 Å². The molecule has 1 heterocycles. The number of anilines is 1. The topological polar surface area (TPSA) is 78.5 Å². The summed E-state index contributed by atoms with van der Waals surface area (Å²) in [6.45, 7) is 0. The molecule has 0 aromatic heterocycles. The number of nitrogens with zero attached hydrogens (tertiary/aromatic N) is 1. The van der Waals surface area contributed by atoms with Gasteiger partial charge in [0.15, 0.2) is 17.5 Å². The standard InChI is InChI=1S/C12H10F3N3O3/c1-18-12(21)5(11(20)17-18)4-8(19)16-7-3-2-6(13)9(14)10(7)15/h2-3,5H,4H2,1H3,(H,16,19)(H,17,20). The highest BCUT2D eigenvalue weighted by Crippen LogP contribution is 2.21. The van der Waals surface area contributed by atoms with E-state index in [-0.39, 0.29) is 0 Å². The average molecular weight is 301 g/mol. The Morgan fingerprint density at radius 3 is 2.52 bits per heavy atom. The van der Waals surface area contributed by atoms with Crippen molar-refractivity contribution in [2.75, 3.05) is 12.4 Å². The maximum atomic E-state index is 13.4. The van der Waals surface area contributed by atoms with E-state index in [1.165, 1.54) is 7.05 Å². The van der Waals surface area contributed by atoms with Crippen LogP contribution in [0, 0.1) is 23.4 Å². The van der Waals surface area contributed by atoms with Gasteiger partial charge >= 0.3 is 0 Å². The molecular weight excluding hydrogens is 291 g/mol. The van der Waals surface area contributed by atoms with Crippen LogP contribution in [-0.2, 0) is 14.4 Å². The molecule has 3 amide bonds. The van der Waals surface area contributed by atoms with Gasteiger partial charge in [-0.05, 0) is 12.1 Å². The molecule has 1 aromatic carbocycles. The number of hydrogen-bond acceptors (Lipinski definition) is 3. The molecule has 9 heteroatoms. The molecule has 1 aromatic rings. The molecule has 2 N–H and O–H groups in total. The van der Waals surface area contributed by atoms with Crippen LogP contribution >= 0.6 is 0 Å². The summed E-state index contributed by atoms with van der Waals surface area (Å²) in [5.74, 6) is -8.04. The second kappa shape index (κ2) is 5.43. The SMILES string of the molecule is CN1NC(=O)C(CC(=O)Nc2ccc(F)c(F)c2F)C1=O. The Labute approximate surface area is 116 Å². The van der Waals surface area contributed by atoms with Crippen LogP contribution in [0.2, 0.25) is 0 Å². The molecule has 0 aliphatic carbocycles. The number of nitrogens with one attached hydrogen (secondary N) is 2. The largest absolute Gasteiger partial charge is 0.323 e. The van der Waals surface area contributed by atoms with Crippen LogP contribution in [0.1, 0.15) is 6.42 Å². The van der Waals surface area contributed by atoms with Gasteiger partial charge in [-0.1, -0.05) is 0 Å². The first kappa shape index (κ1) is 14.8. The molecule has 112 valence electrons. The molecule has 1 aliphatic heterocycles. The second-order valence-corrected chi connectivity index (χ2v) is 4.40. The van der Waals surface area contributed by atoms with Crippen LogP contribution in [0.4, 0.5) is 18.9 Å². The highest BCUT2D eigenvalue weighted by Gasteiger charge is 2.38. The number of benzene rings is 1. The van der Waals surface area contributed by atoms with Gasteiger partial charge in [0.2, 0.25) is 5.91 Å². The van der Waals surface area contributed by atoms with Gasteiger partial charge in [-0.3, -0.25) is 24.8 Å². The summed E-state index contributed by atoms with van der Waals surface area (Å²) in [4.78, 5) is 34.6. The highest BCUT2D eigenvalue weighted by atomic mass is 19.2. The van der Waals surface area contributed by atoms with Crippen LogP contribution in [0.15, 0.2) is 12.1 Å². The zero-order chi connectivity index (χ0) is 15.7. The number of hydrogen-bond donors (Lipinski definition) is 2. The first-order valence-corrected chi connectivity index (χ1v) is 5.82. The third kappa shape index (κ3) is 2.81. The summed E-state index contributed by atoms with van der Waals surface area (Å²) in [6, 6.07) is 1.49. The Morgan fingerprint density at radius 1 is 1.29 bits per heavy atom. The van der Waals surface area contributed by atoms with Crippen LogP contribution in [-0.4, -0.2) is 29.8 Å². The van der Waals surface area contributed by atoms with E-state index in [9.17, 15) is 27.6 Å². The summed E-state index contributed by atoms with van der Waals surface area (Å²) in [7, 11) is 1.31. The summed E-state index contributed by atoms with van der Waals surface area (Å²) in [5, 5.41) is 2.92. The third-order valence-electron chi connectivity index (χ3n) is 2.92. The van der Waals surface area contributed by atoms with E-state index in [1.54, 1.807) is 0 Å². The van der Waals surface area contributed by atoms with Crippen molar-refractivity contribution in [3.63, 3.8) is 0 Å². The van der Waals surface area contributed by atoms with Gasteiger partial charge in [-0.25, -0.2) is 13.2 Å². The Kier molecular flexibility index (Phi) is 3.83. The average Bonchev–Trinajstić information content (AvgIpc) is 2.66. The smallest absolute Gasteiger partial charge is 0.253 e. The zero-order valence-electron chi connectivity index (χ0n) is 10.7. The molecule has 1 unspecified atom stereocenters. The summed E-state index contributed by atoms with van der Waals surface area (Å²) >= 11 is 0. The van der Waals surface area contributed by atoms with E-state index in [1.807, 2.05) is 5.32 Å². The van der Waals surface area contributed by atoms with Crippen molar-refractivity contribution in [1.82, 2.24) is 10.4 Å². The molecule has 0 saturated carbocycles. The monoisotopic (exact) mass is 301 g/mol. The fourth-order valence-corrected chi connectivity index (χ4v) is 1.83. The maximum absolute atomic E-state index is 13.4. The normalized spacial score (nSPS) is 17.9. The maximum Gasteiger partial charge on any atom is 0.253 e. The van der Waals surface area contributed by atoms with Gasteiger partial charge in [0.05, 0.1) is 5.69 Å². The van der Waals surface area contributed by atoms with Crippen molar-refractivity contribution in [2.24, 2.45) is 5.92 Å². The Morgan fingerprint density at radius 2 is 1.95 bits per heavy atom. The molecule has 1 atom stereocenters. The van der Waals surface area contributed by atoms with Crippen molar-refractivity contribution in [3.05, 3.63) is 29.6 Å². The lowest BCUT2D eigenvalue weighted by atomic mass is 10.0. The van der Waals surface area contributed by atoms with Gasteiger partial charge < -0.3 is 5.32 Å². The van der Waals surface area contributed by atoms with Gasteiger partial charge in [-0.2, -0.15) is 0 Å². The lowest BCUT2D eigenvalue weighted by Gasteiger charge is -2.09. The molecule has 0 bridgehead atoms. The number of halogens is 3. The molecule has 21 heavy (non-hydrogen) atoms. The van der Waals surface area contributed by atoms with Crippen LogP contribution in [0.5, 0.6) is 0 Å². The first-order valence-electron chi connectivity index (χ1n) is 5.82. The van der Waals surface area contributed by atoms with E-state index >= 15 is 0 Å². The Bertz CT molecular complexity index is 636. The van der Waals surface area contributed by atoms with E-state index in [2.05, 4.69) is 5.43 Å². The molecule has 1 fully saturated rings. The van der Waals surface area contributed by atoms with Crippen LogP contribution in [0.25, 0.3) is 0 Å². The predicted molar refractivity (Wildman–Crippen MR) is 64.0 cm³/mol. The van der Waals surface area contributed by atoms with Gasteiger partial charge in [0, 0.05) is 13.5 Å². The molecule has 6 nitrogen and oxygen atoms in total. The molecule has 1 saturated heterocycles. The van der Waals surface area contributed by atoms with E-state index in [0.717, 1.165) is 11.1 Å². The minimum absolute atomic E-state index is 0.534. The Hall–Kier alpha value is -2.58. The molecule has 2 rings (SSSR count). The molecule has 0 spiro atoms. The van der Waals surface area contributed by atoms with Gasteiger partial charge in [-0.15, -0.1) is 0 Å². The highest BCUT2D eigenvalue weighted by molar-refractivity contribution is 6.08. The lowest BCUT2D eigenvalue weighted by molar-refractivity contribution is -0.134. The Balaban J connectivity index is 2.08. The number of amides is 3. The number of carbonyl (C=O) groups excluding carboxylic acids is 3.